The third kappa shape index (κ3) is 7.41. The van der Waals surface area contributed by atoms with Gasteiger partial charge in [0.1, 0.15) is 0 Å². The molecule has 0 heteroatoms. The first-order valence-corrected chi connectivity index (χ1v) is 13.4. The summed E-state index contributed by atoms with van der Waals surface area (Å²) in [6, 6.07) is 13.5. The minimum Gasteiger partial charge on any atom is -0.120 e. The molecule has 37 heavy (non-hydrogen) atoms. The molecule has 1 aliphatic rings. The molecule has 0 heterocycles. The predicted octanol–water partition coefficient (Wildman–Crippen LogP) is 10.7. The molecule has 0 aromatic heterocycles. The van der Waals surface area contributed by atoms with Crippen LogP contribution in [0.5, 0.6) is 0 Å². The molecule has 3 rings (SSSR count). The van der Waals surface area contributed by atoms with Crippen LogP contribution in [0.4, 0.5) is 0 Å². The largest absolute Gasteiger partial charge is 0.205 e. The molecule has 1 aliphatic carbocycles. The molecule has 2 aromatic rings. The van der Waals surface area contributed by atoms with Crippen molar-refractivity contribution in [3.63, 3.8) is 0 Å². The molecule has 1 atom stereocenters. The van der Waals surface area contributed by atoms with E-state index in [1.165, 1.54) is 44.5 Å². The molecule has 188 valence electrons. The Morgan fingerprint density at radius 1 is 1.16 bits per heavy atom. The lowest BCUT2D eigenvalue weighted by atomic mass is 9.82. The molecule has 0 bridgehead atoms. The van der Waals surface area contributed by atoms with Gasteiger partial charge in [0.05, 0.1) is 5.92 Å². The minimum atomic E-state index is 0.165. The molecule has 0 spiro atoms. The summed E-state index contributed by atoms with van der Waals surface area (Å²) >= 11 is 0. The average molecular weight is 486 g/mol. The van der Waals surface area contributed by atoms with Crippen molar-refractivity contribution >= 4 is 5.57 Å². The Balaban J connectivity index is 1.97. The lowest BCUT2D eigenvalue weighted by Crippen LogP contribution is -2.04. The summed E-state index contributed by atoms with van der Waals surface area (Å²) in [5.41, 5.74) is 15.3. The zero-order chi connectivity index (χ0) is 26.8. The second-order valence-corrected chi connectivity index (χ2v) is 9.96. The molecule has 0 fully saturated rings. The van der Waals surface area contributed by atoms with Crippen LogP contribution in [-0.2, 0) is 0 Å². The standard InChI is InChI=1S/C37H41/c1-8-16-29(6)34(20-15-19-31(9-2)32-17-13-11-10-12-14-18-32)37-26-33(23-22-30(37)7)35-24-21-28(5)25-36(35)27(3)4/h6,9-12,15,17-19,21-26,34H,3,8,13,16,20H2,1-2,4-5,7H3/q+1/b11-10-,19-15-,31-9-,32-17+. The van der Waals surface area contributed by atoms with E-state index in [0.717, 1.165) is 36.8 Å². The Morgan fingerprint density at radius 3 is 2.70 bits per heavy atom. The van der Waals surface area contributed by atoms with E-state index in [4.69, 9.17) is 6.58 Å². The molecular weight excluding hydrogens is 444 g/mol. The normalized spacial score (nSPS) is 16.6. The summed E-state index contributed by atoms with van der Waals surface area (Å²) in [5.74, 6) is 0.165. The van der Waals surface area contributed by atoms with E-state index in [1.807, 2.05) is 12.2 Å². The van der Waals surface area contributed by atoms with Gasteiger partial charge in [-0.05, 0) is 98.1 Å². The number of aryl methyl sites for hydroxylation is 2. The first-order chi connectivity index (χ1) is 17.8. The van der Waals surface area contributed by atoms with Gasteiger partial charge in [-0.3, -0.25) is 0 Å². The van der Waals surface area contributed by atoms with Crippen molar-refractivity contribution in [3.8, 4) is 11.1 Å². The summed E-state index contributed by atoms with van der Waals surface area (Å²) in [6.07, 6.45) is 20.9. The van der Waals surface area contributed by atoms with Gasteiger partial charge < -0.3 is 0 Å². The number of hydrogen-bond donors (Lipinski definition) is 0. The average Bonchev–Trinajstić information content (AvgIpc) is 2.85. The van der Waals surface area contributed by atoms with E-state index in [1.54, 1.807) is 0 Å². The molecule has 1 unspecified atom stereocenters. The van der Waals surface area contributed by atoms with Crippen LogP contribution in [0.3, 0.4) is 0 Å². The molecule has 0 N–H and O–H groups in total. The zero-order valence-corrected chi connectivity index (χ0v) is 23.3. The Bertz CT molecular complexity index is 1330. The quantitative estimate of drug-likeness (QED) is 0.178. The lowest BCUT2D eigenvalue weighted by molar-refractivity contribution is 0.733. The van der Waals surface area contributed by atoms with Gasteiger partial charge in [-0.15, -0.1) is 5.73 Å². The molecule has 0 radical (unpaired) electrons. The van der Waals surface area contributed by atoms with E-state index in [0.29, 0.717) is 0 Å². The molecule has 0 nitrogen and oxygen atoms in total. The van der Waals surface area contributed by atoms with Crippen molar-refractivity contribution in [1.82, 2.24) is 0 Å². The van der Waals surface area contributed by atoms with Gasteiger partial charge in [-0.25, -0.2) is 0 Å². The second kappa shape index (κ2) is 13.6. The SMILES string of the molecule is [CH+]=C(CCC)C(C\C=C/C(=C/C)C1=C/C/C=C\C=C=C\1)c1cc(-c2ccc(C)cc2C(=C)C)ccc1C. The molecule has 0 saturated heterocycles. The minimum absolute atomic E-state index is 0.165. The fourth-order valence-electron chi connectivity index (χ4n) is 4.87. The smallest absolute Gasteiger partial charge is 0.120 e. The van der Waals surface area contributed by atoms with Gasteiger partial charge >= 0.3 is 0 Å². The van der Waals surface area contributed by atoms with Crippen molar-refractivity contribution in [2.45, 2.75) is 66.2 Å². The van der Waals surface area contributed by atoms with Crippen LogP contribution in [0.15, 0.2) is 114 Å². The van der Waals surface area contributed by atoms with Crippen molar-refractivity contribution in [1.29, 1.82) is 0 Å². The number of rotatable bonds is 10. The summed E-state index contributed by atoms with van der Waals surface area (Å²) in [6.45, 7) is 21.7. The van der Waals surface area contributed by atoms with Gasteiger partial charge in [-0.2, -0.15) is 0 Å². The highest BCUT2D eigenvalue weighted by atomic mass is 14.2. The summed E-state index contributed by atoms with van der Waals surface area (Å²) < 4.78 is 0. The van der Waals surface area contributed by atoms with Crippen molar-refractivity contribution in [2.75, 3.05) is 0 Å². The maximum Gasteiger partial charge on any atom is 0.205 e. The van der Waals surface area contributed by atoms with E-state index >= 15 is 0 Å². The highest BCUT2D eigenvalue weighted by Gasteiger charge is 2.23. The molecule has 0 aliphatic heterocycles. The van der Waals surface area contributed by atoms with E-state index in [2.05, 4.69) is 120 Å². The predicted molar refractivity (Wildman–Crippen MR) is 164 cm³/mol. The molecule has 2 aromatic carbocycles. The third-order valence-corrected chi connectivity index (χ3v) is 6.94. The van der Waals surface area contributed by atoms with Crippen LogP contribution < -0.4 is 0 Å². The summed E-state index contributed by atoms with van der Waals surface area (Å²) in [7, 11) is 0. The topological polar surface area (TPSA) is 0 Å². The van der Waals surface area contributed by atoms with Crippen LogP contribution >= 0.6 is 0 Å². The van der Waals surface area contributed by atoms with Crippen molar-refractivity contribution in [2.24, 2.45) is 0 Å². The lowest BCUT2D eigenvalue weighted by Gasteiger charge is -2.19. The maximum absolute atomic E-state index is 6.76. The van der Waals surface area contributed by atoms with E-state index in [9.17, 15) is 0 Å². The first kappa shape index (κ1) is 27.9. The highest BCUT2D eigenvalue weighted by Crippen LogP contribution is 2.37. The van der Waals surface area contributed by atoms with Gasteiger partial charge in [0.15, 0.2) is 5.57 Å². The Morgan fingerprint density at radius 2 is 1.97 bits per heavy atom. The van der Waals surface area contributed by atoms with Gasteiger partial charge in [0.2, 0.25) is 6.58 Å². The van der Waals surface area contributed by atoms with Crippen LogP contribution in [0.25, 0.3) is 16.7 Å². The zero-order valence-electron chi connectivity index (χ0n) is 23.3. The Hall–Kier alpha value is -3.69. The molecular formula is C37H41+. The monoisotopic (exact) mass is 485 g/mol. The summed E-state index contributed by atoms with van der Waals surface area (Å²) in [5, 5.41) is 0. The van der Waals surface area contributed by atoms with E-state index in [-0.39, 0.29) is 5.92 Å². The van der Waals surface area contributed by atoms with Crippen LogP contribution in [-0.4, -0.2) is 0 Å². The maximum atomic E-state index is 6.76. The second-order valence-electron chi connectivity index (χ2n) is 9.96. The first-order valence-electron chi connectivity index (χ1n) is 13.4. The molecule has 0 saturated carbocycles. The van der Waals surface area contributed by atoms with Crippen LogP contribution in [0, 0.1) is 20.4 Å². The number of benzene rings is 2. The fourth-order valence-corrected chi connectivity index (χ4v) is 4.87. The van der Waals surface area contributed by atoms with Crippen molar-refractivity contribution in [3.05, 3.63) is 143 Å². The Labute approximate surface area is 225 Å². The third-order valence-electron chi connectivity index (χ3n) is 6.94. The van der Waals surface area contributed by atoms with Gasteiger partial charge in [0.25, 0.3) is 0 Å². The number of hydrogen-bond acceptors (Lipinski definition) is 0. The number of allylic oxidation sites excluding steroid dienone is 11. The van der Waals surface area contributed by atoms with Gasteiger partial charge in [-0.1, -0.05) is 97.5 Å². The Kier molecular flexibility index (Phi) is 10.2. The van der Waals surface area contributed by atoms with Crippen LogP contribution in [0.1, 0.15) is 74.6 Å². The van der Waals surface area contributed by atoms with Crippen LogP contribution in [0.2, 0.25) is 0 Å². The van der Waals surface area contributed by atoms with E-state index < -0.39 is 0 Å². The highest BCUT2D eigenvalue weighted by molar-refractivity contribution is 5.80. The summed E-state index contributed by atoms with van der Waals surface area (Å²) in [4.78, 5) is 0. The molecule has 0 amide bonds. The van der Waals surface area contributed by atoms with Crippen molar-refractivity contribution < 1.29 is 0 Å². The van der Waals surface area contributed by atoms with Gasteiger partial charge in [0, 0.05) is 6.42 Å². The fraction of sp³-hybridized carbons (Fsp3) is 0.270.